The number of carbonyl (C=O) groups is 2. The average molecular weight is 555 g/mol. The Morgan fingerprint density at radius 2 is 1.95 bits per heavy atom. The van der Waals surface area contributed by atoms with Crippen LogP contribution in [-0.4, -0.2) is 18.5 Å². The Labute approximate surface area is 229 Å². The average Bonchev–Trinajstić information content (AvgIpc) is 3.25. The monoisotopic (exact) mass is 554 g/mol. The lowest BCUT2D eigenvalue weighted by atomic mass is 9.95. The van der Waals surface area contributed by atoms with Gasteiger partial charge in [0.2, 0.25) is 0 Å². The molecule has 6 nitrogen and oxygen atoms in total. The molecule has 0 saturated carbocycles. The second-order valence-electron chi connectivity index (χ2n) is 8.32. The summed E-state index contributed by atoms with van der Waals surface area (Å²) in [6, 6.07) is 14.2. The zero-order valence-corrected chi connectivity index (χ0v) is 22.4. The zero-order chi connectivity index (χ0) is 26.4. The van der Waals surface area contributed by atoms with E-state index < -0.39 is 11.9 Å². The van der Waals surface area contributed by atoms with Crippen LogP contribution in [0.4, 0.5) is 5.00 Å². The fourth-order valence-electron chi connectivity index (χ4n) is 4.08. The van der Waals surface area contributed by atoms with Crippen molar-refractivity contribution in [2.24, 2.45) is 0 Å². The number of hydrogen-bond donors (Lipinski definition) is 1. The first-order valence-corrected chi connectivity index (χ1v) is 13.4. The van der Waals surface area contributed by atoms with Gasteiger partial charge in [0.25, 0.3) is 5.91 Å². The fraction of sp³-hybridized carbons (Fsp3) is 0.250. The molecule has 0 radical (unpaired) electrons. The number of thiophene rings is 1. The largest absolute Gasteiger partial charge is 0.488 e. The highest BCUT2D eigenvalue weighted by Crippen LogP contribution is 2.39. The molecule has 9 heteroatoms. The van der Waals surface area contributed by atoms with Crippen LogP contribution < -0.4 is 10.1 Å². The molecule has 1 aliphatic rings. The Balaban J connectivity index is 1.61. The van der Waals surface area contributed by atoms with Crippen molar-refractivity contribution in [2.45, 2.75) is 39.2 Å². The summed E-state index contributed by atoms with van der Waals surface area (Å²) in [6.07, 6.45) is 5.01. The van der Waals surface area contributed by atoms with E-state index in [0.29, 0.717) is 31.9 Å². The summed E-state index contributed by atoms with van der Waals surface area (Å²) in [6.45, 7) is 2.16. The number of nitrogens with one attached hydrogen (secondary N) is 1. The number of anilines is 1. The van der Waals surface area contributed by atoms with Gasteiger partial charge in [-0.15, -0.1) is 11.3 Å². The van der Waals surface area contributed by atoms with Crippen molar-refractivity contribution in [3.8, 4) is 11.8 Å². The van der Waals surface area contributed by atoms with E-state index >= 15 is 0 Å². The maximum atomic E-state index is 13.2. The zero-order valence-electron chi connectivity index (χ0n) is 20.1. The van der Waals surface area contributed by atoms with Crippen LogP contribution >= 0.6 is 34.5 Å². The van der Waals surface area contributed by atoms with Crippen LogP contribution in [0, 0.1) is 11.3 Å². The Kier molecular flexibility index (Phi) is 8.88. The van der Waals surface area contributed by atoms with E-state index in [2.05, 4.69) is 5.32 Å². The van der Waals surface area contributed by atoms with Crippen molar-refractivity contribution < 1.29 is 19.1 Å². The summed E-state index contributed by atoms with van der Waals surface area (Å²) in [5.41, 5.74) is 2.41. The molecular weight excluding hydrogens is 531 g/mol. The van der Waals surface area contributed by atoms with Crippen molar-refractivity contribution in [1.82, 2.24) is 0 Å². The highest BCUT2D eigenvalue weighted by atomic mass is 35.5. The van der Waals surface area contributed by atoms with Crippen LogP contribution in [0.25, 0.3) is 6.08 Å². The van der Waals surface area contributed by atoms with Gasteiger partial charge in [-0.2, -0.15) is 5.26 Å². The Morgan fingerprint density at radius 3 is 2.70 bits per heavy atom. The SMILES string of the molecule is CCOC(=O)c1c(NC(=O)/C(C#N)=C/c2cc(Cl)ccc2OCc2ccccc2Cl)sc2c1CCCC2. The summed E-state index contributed by atoms with van der Waals surface area (Å²) in [5, 5.41) is 14.0. The first-order valence-electron chi connectivity index (χ1n) is 11.8. The number of carbonyl (C=O) groups excluding carboxylic acids is 2. The highest BCUT2D eigenvalue weighted by Gasteiger charge is 2.28. The molecule has 0 bridgehead atoms. The molecule has 37 heavy (non-hydrogen) atoms. The molecule has 1 heterocycles. The van der Waals surface area contributed by atoms with Gasteiger partial charge < -0.3 is 14.8 Å². The maximum Gasteiger partial charge on any atom is 0.341 e. The van der Waals surface area contributed by atoms with Gasteiger partial charge in [-0.3, -0.25) is 4.79 Å². The van der Waals surface area contributed by atoms with Crippen molar-refractivity contribution in [2.75, 3.05) is 11.9 Å². The molecule has 0 fully saturated rings. The summed E-state index contributed by atoms with van der Waals surface area (Å²) >= 11 is 13.8. The molecule has 4 rings (SSSR count). The third kappa shape index (κ3) is 6.34. The first kappa shape index (κ1) is 26.7. The van der Waals surface area contributed by atoms with Crippen LogP contribution in [0.5, 0.6) is 5.75 Å². The lowest BCUT2D eigenvalue weighted by Gasteiger charge is -2.12. The normalized spacial score (nSPS) is 12.9. The minimum absolute atomic E-state index is 0.161. The number of benzene rings is 2. The minimum Gasteiger partial charge on any atom is -0.488 e. The molecule has 0 unspecified atom stereocenters. The number of nitriles is 1. The van der Waals surface area contributed by atoms with Crippen molar-refractivity contribution in [3.05, 3.63) is 85.2 Å². The molecule has 1 amide bonds. The number of esters is 1. The number of halogens is 2. The quantitative estimate of drug-likeness (QED) is 0.180. The van der Waals surface area contributed by atoms with Gasteiger partial charge in [0.15, 0.2) is 0 Å². The van der Waals surface area contributed by atoms with Crippen LogP contribution in [0.2, 0.25) is 10.0 Å². The summed E-state index contributed by atoms with van der Waals surface area (Å²) in [7, 11) is 0. The van der Waals surface area contributed by atoms with E-state index in [-0.39, 0.29) is 18.8 Å². The van der Waals surface area contributed by atoms with E-state index in [4.69, 9.17) is 32.7 Å². The van der Waals surface area contributed by atoms with Gasteiger partial charge in [-0.25, -0.2) is 4.79 Å². The number of rotatable bonds is 8. The first-order chi connectivity index (χ1) is 17.9. The number of nitrogens with zero attached hydrogens (tertiary/aromatic N) is 1. The van der Waals surface area contributed by atoms with E-state index in [9.17, 15) is 14.9 Å². The highest BCUT2D eigenvalue weighted by molar-refractivity contribution is 7.17. The lowest BCUT2D eigenvalue weighted by Crippen LogP contribution is -2.16. The third-order valence-corrected chi connectivity index (χ3v) is 7.67. The number of ether oxygens (including phenoxy) is 2. The number of amides is 1. The van der Waals surface area contributed by atoms with Crippen LogP contribution in [-0.2, 0) is 29.0 Å². The lowest BCUT2D eigenvalue weighted by molar-refractivity contribution is -0.112. The molecule has 0 atom stereocenters. The van der Waals surface area contributed by atoms with Gasteiger partial charge in [-0.05, 0) is 68.5 Å². The molecular formula is C28H24Cl2N2O4S. The predicted molar refractivity (Wildman–Crippen MR) is 146 cm³/mol. The third-order valence-electron chi connectivity index (χ3n) is 5.86. The van der Waals surface area contributed by atoms with Gasteiger partial charge in [0.05, 0.1) is 12.2 Å². The van der Waals surface area contributed by atoms with Gasteiger partial charge in [0.1, 0.15) is 29.0 Å². The summed E-state index contributed by atoms with van der Waals surface area (Å²) in [4.78, 5) is 27.0. The summed E-state index contributed by atoms with van der Waals surface area (Å²) < 4.78 is 11.2. The maximum absolute atomic E-state index is 13.2. The number of hydrogen-bond acceptors (Lipinski definition) is 6. The molecule has 3 aromatic rings. The van der Waals surface area contributed by atoms with E-state index in [0.717, 1.165) is 41.7 Å². The second-order valence-corrected chi connectivity index (χ2v) is 10.3. The molecule has 0 aliphatic heterocycles. The molecule has 190 valence electrons. The Hall–Kier alpha value is -3.31. The number of aryl methyl sites for hydroxylation is 1. The standard InChI is InChI=1S/C28H24Cl2N2O4S/c1-2-35-28(34)25-21-8-4-6-10-24(21)37-27(25)32-26(33)19(15-31)13-18-14-20(29)11-12-23(18)36-16-17-7-3-5-9-22(17)30/h3,5,7,9,11-14H,2,4,6,8,10,16H2,1H3,(H,32,33)/b19-13+. The molecule has 1 aliphatic carbocycles. The van der Waals surface area contributed by atoms with Gasteiger partial charge >= 0.3 is 5.97 Å². The van der Waals surface area contributed by atoms with Crippen molar-refractivity contribution >= 4 is 57.5 Å². The smallest absolute Gasteiger partial charge is 0.341 e. The Morgan fingerprint density at radius 1 is 1.16 bits per heavy atom. The molecule has 0 spiro atoms. The minimum atomic E-state index is -0.635. The molecule has 0 saturated heterocycles. The fourth-order valence-corrected chi connectivity index (χ4v) is 5.73. The molecule has 1 N–H and O–H groups in total. The van der Waals surface area contributed by atoms with Gasteiger partial charge in [-0.1, -0.05) is 41.4 Å². The predicted octanol–water partition coefficient (Wildman–Crippen LogP) is 7.24. The molecule has 2 aromatic carbocycles. The van der Waals surface area contributed by atoms with Crippen LogP contribution in [0.3, 0.4) is 0 Å². The van der Waals surface area contributed by atoms with E-state index in [1.165, 1.54) is 17.4 Å². The van der Waals surface area contributed by atoms with Crippen molar-refractivity contribution in [3.63, 3.8) is 0 Å². The summed E-state index contributed by atoms with van der Waals surface area (Å²) in [5.74, 6) is -0.669. The second kappa shape index (κ2) is 12.3. The van der Waals surface area contributed by atoms with Gasteiger partial charge in [0, 0.05) is 26.0 Å². The van der Waals surface area contributed by atoms with Crippen LogP contribution in [0.15, 0.2) is 48.0 Å². The Bertz CT molecular complexity index is 1410. The topological polar surface area (TPSA) is 88.4 Å². The van der Waals surface area contributed by atoms with Crippen LogP contribution in [0.1, 0.15) is 51.7 Å². The van der Waals surface area contributed by atoms with Crippen molar-refractivity contribution in [1.29, 1.82) is 5.26 Å². The van der Waals surface area contributed by atoms with E-state index in [1.807, 2.05) is 24.3 Å². The number of fused-ring (bicyclic) bond motifs is 1. The van der Waals surface area contributed by atoms with E-state index in [1.54, 1.807) is 31.2 Å². The molecule has 1 aromatic heterocycles.